The molecule has 0 atom stereocenters. The van der Waals surface area contributed by atoms with Crippen LogP contribution in [0.15, 0.2) is 36.8 Å². The minimum absolute atomic E-state index is 0.174. The van der Waals surface area contributed by atoms with Crippen LogP contribution in [-0.2, 0) is 12.7 Å². The van der Waals surface area contributed by atoms with Crippen molar-refractivity contribution in [3.63, 3.8) is 0 Å². The van der Waals surface area contributed by atoms with Gasteiger partial charge in [0.25, 0.3) is 0 Å². The zero-order valence-corrected chi connectivity index (χ0v) is 23.4. The van der Waals surface area contributed by atoms with Crippen LogP contribution in [0.25, 0.3) is 22.8 Å². The number of alkyl halides is 3. The van der Waals surface area contributed by atoms with Crippen molar-refractivity contribution in [3.05, 3.63) is 59.6 Å². The summed E-state index contributed by atoms with van der Waals surface area (Å²) >= 11 is 0. The van der Waals surface area contributed by atoms with Gasteiger partial charge in [0, 0.05) is 43.2 Å². The maximum atomic E-state index is 13.3. The van der Waals surface area contributed by atoms with Crippen molar-refractivity contribution in [1.29, 1.82) is 0 Å². The van der Waals surface area contributed by atoms with Gasteiger partial charge in [-0.05, 0) is 45.1 Å². The van der Waals surface area contributed by atoms with Crippen LogP contribution in [0.5, 0.6) is 5.88 Å². The summed E-state index contributed by atoms with van der Waals surface area (Å²) in [4.78, 5) is 29.2. The SMILES string of the molecule is COc1ncnc(C2CC2)c1-c1nc(C2CC2)nc(N(C)Cc2ccc(-c3nc(C(F)(F)F)cn3C(C)C)cc2)n1. The Morgan fingerprint density at radius 1 is 0.976 bits per heavy atom. The molecular formula is C29H31F3N8O. The molecule has 0 aliphatic heterocycles. The highest BCUT2D eigenvalue weighted by Gasteiger charge is 2.36. The third-order valence-corrected chi connectivity index (χ3v) is 7.36. The van der Waals surface area contributed by atoms with Crippen LogP contribution in [0.3, 0.4) is 0 Å². The van der Waals surface area contributed by atoms with Crippen molar-refractivity contribution < 1.29 is 17.9 Å². The molecule has 0 bridgehead atoms. The number of benzene rings is 1. The second-order valence-corrected chi connectivity index (χ2v) is 11.0. The molecule has 3 aromatic heterocycles. The molecule has 2 aliphatic rings. The number of aromatic nitrogens is 7. The first-order valence-corrected chi connectivity index (χ1v) is 13.7. The highest BCUT2D eigenvalue weighted by molar-refractivity contribution is 5.67. The van der Waals surface area contributed by atoms with Crippen molar-refractivity contribution in [2.45, 2.75) is 70.1 Å². The van der Waals surface area contributed by atoms with Gasteiger partial charge in [-0.1, -0.05) is 24.3 Å². The van der Waals surface area contributed by atoms with Crippen LogP contribution < -0.4 is 9.64 Å². The number of rotatable bonds is 9. The molecule has 0 radical (unpaired) electrons. The first kappa shape index (κ1) is 27.1. The summed E-state index contributed by atoms with van der Waals surface area (Å²) in [6, 6.07) is 7.20. The molecule has 0 saturated heterocycles. The molecule has 2 saturated carbocycles. The number of anilines is 1. The molecule has 0 N–H and O–H groups in total. The number of ether oxygens (including phenoxy) is 1. The zero-order valence-electron chi connectivity index (χ0n) is 23.4. The number of nitrogens with zero attached hydrogens (tertiary/aromatic N) is 8. The van der Waals surface area contributed by atoms with E-state index in [9.17, 15) is 13.2 Å². The van der Waals surface area contributed by atoms with Gasteiger partial charge in [0.05, 0.1) is 12.8 Å². The Balaban J connectivity index is 1.29. The maximum absolute atomic E-state index is 13.3. The normalized spacial score (nSPS) is 15.4. The van der Waals surface area contributed by atoms with E-state index in [1.165, 1.54) is 6.33 Å². The predicted octanol–water partition coefficient (Wildman–Crippen LogP) is 6.19. The second kappa shape index (κ2) is 10.4. The lowest BCUT2D eigenvalue weighted by molar-refractivity contribution is -0.140. The number of halogens is 3. The molecule has 9 nitrogen and oxygen atoms in total. The van der Waals surface area contributed by atoms with Gasteiger partial charge in [-0.15, -0.1) is 0 Å². The number of hydrogen-bond acceptors (Lipinski definition) is 8. The van der Waals surface area contributed by atoms with Crippen molar-refractivity contribution in [2.24, 2.45) is 0 Å². The highest BCUT2D eigenvalue weighted by atomic mass is 19.4. The summed E-state index contributed by atoms with van der Waals surface area (Å²) in [5, 5.41) is 0. The first-order valence-electron chi connectivity index (χ1n) is 13.7. The molecule has 0 spiro atoms. The van der Waals surface area contributed by atoms with Gasteiger partial charge in [-0.25, -0.2) is 19.9 Å². The molecule has 4 aromatic rings. The summed E-state index contributed by atoms with van der Waals surface area (Å²) in [5.74, 6) is 3.18. The Bertz CT molecular complexity index is 1560. The molecule has 12 heteroatoms. The van der Waals surface area contributed by atoms with Crippen molar-refractivity contribution in [3.8, 4) is 28.7 Å². The van der Waals surface area contributed by atoms with Gasteiger partial charge < -0.3 is 14.2 Å². The largest absolute Gasteiger partial charge is 0.480 e. The van der Waals surface area contributed by atoms with Gasteiger partial charge in [-0.3, -0.25) is 0 Å². The Hall–Kier alpha value is -4.09. The molecular weight excluding hydrogens is 533 g/mol. The molecule has 2 aliphatic carbocycles. The third-order valence-electron chi connectivity index (χ3n) is 7.36. The average Bonchev–Trinajstić information content (AvgIpc) is 3.89. The molecule has 6 rings (SSSR count). The number of hydrogen-bond donors (Lipinski definition) is 0. The van der Waals surface area contributed by atoms with Crippen LogP contribution in [0.1, 0.15) is 80.2 Å². The Morgan fingerprint density at radius 3 is 2.29 bits per heavy atom. The molecule has 3 heterocycles. The molecule has 0 amide bonds. The highest BCUT2D eigenvalue weighted by Crippen LogP contribution is 2.46. The molecule has 2 fully saturated rings. The molecule has 0 unspecified atom stereocenters. The quantitative estimate of drug-likeness (QED) is 0.238. The lowest BCUT2D eigenvalue weighted by Crippen LogP contribution is -2.21. The fourth-order valence-electron chi connectivity index (χ4n) is 4.84. The van der Waals surface area contributed by atoms with Crippen LogP contribution in [0.4, 0.5) is 19.1 Å². The van der Waals surface area contributed by atoms with Gasteiger partial charge in [0.2, 0.25) is 11.8 Å². The lowest BCUT2D eigenvalue weighted by atomic mass is 10.1. The Morgan fingerprint density at radius 2 is 1.68 bits per heavy atom. The van der Waals surface area contributed by atoms with Crippen LogP contribution in [0, 0.1) is 0 Å². The molecule has 41 heavy (non-hydrogen) atoms. The van der Waals surface area contributed by atoms with Crippen LogP contribution in [-0.4, -0.2) is 48.6 Å². The summed E-state index contributed by atoms with van der Waals surface area (Å²) in [5.41, 5.74) is 2.29. The summed E-state index contributed by atoms with van der Waals surface area (Å²) < 4.78 is 47.2. The second-order valence-electron chi connectivity index (χ2n) is 11.0. The van der Waals surface area contributed by atoms with Crippen molar-refractivity contribution in [2.75, 3.05) is 19.1 Å². The maximum Gasteiger partial charge on any atom is 0.434 e. The standard InChI is InChI=1S/C29H31F3N8O/c1-16(2)40-14-21(29(30,31)32)35-26(40)20-7-5-17(6-8-20)13-39(3)28-37-24(19-11-12-19)36-25(38-28)22-23(18-9-10-18)33-15-34-27(22)41-4/h5-8,14-16,18-19H,9-13H2,1-4H3. The summed E-state index contributed by atoms with van der Waals surface area (Å²) in [7, 11) is 3.49. The van der Waals surface area contributed by atoms with Crippen LogP contribution >= 0.6 is 0 Å². The minimum Gasteiger partial charge on any atom is -0.480 e. The van der Waals surface area contributed by atoms with E-state index >= 15 is 0 Å². The Kier molecular flexibility index (Phi) is 6.87. The van der Waals surface area contributed by atoms with Gasteiger partial charge >= 0.3 is 6.18 Å². The topological polar surface area (TPSA) is 94.7 Å². The van der Waals surface area contributed by atoms with E-state index in [-0.39, 0.29) is 11.9 Å². The van der Waals surface area contributed by atoms with Gasteiger partial charge in [0.1, 0.15) is 23.5 Å². The summed E-state index contributed by atoms with van der Waals surface area (Å²) in [6.07, 6.45) is 2.28. The van der Waals surface area contributed by atoms with E-state index in [0.717, 1.165) is 54.5 Å². The first-order chi connectivity index (χ1) is 19.6. The van der Waals surface area contributed by atoms with E-state index in [1.54, 1.807) is 23.8 Å². The smallest absolute Gasteiger partial charge is 0.434 e. The molecule has 214 valence electrons. The van der Waals surface area contributed by atoms with Crippen molar-refractivity contribution in [1.82, 2.24) is 34.5 Å². The third kappa shape index (κ3) is 5.59. The fourth-order valence-corrected chi connectivity index (χ4v) is 4.84. The van der Waals surface area contributed by atoms with E-state index in [1.807, 2.05) is 37.9 Å². The Labute approximate surface area is 235 Å². The predicted molar refractivity (Wildman–Crippen MR) is 147 cm³/mol. The average molecular weight is 565 g/mol. The fraction of sp³-hybridized carbons (Fsp3) is 0.448. The van der Waals surface area contributed by atoms with Crippen molar-refractivity contribution >= 4 is 5.95 Å². The van der Waals surface area contributed by atoms with E-state index < -0.39 is 11.9 Å². The van der Waals surface area contributed by atoms with E-state index in [0.29, 0.717) is 41.6 Å². The van der Waals surface area contributed by atoms with E-state index in [4.69, 9.17) is 19.7 Å². The number of imidazole rings is 1. The lowest BCUT2D eigenvalue weighted by Gasteiger charge is -2.19. The zero-order chi connectivity index (χ0) is 28.9. The van der Waals surface area contributed by atoms with E-state index in [2.05, 4.69) is 15.0 Å². The van der Waals surface area contributed by atoms with Crippen LogP contribution in [0.2, 0.25) is 0 Å². The van der Waals surface area contributed by atoms with Gasteiger partial charge in [0.15, 0.2) is 11.5 Å². The summed E-state index contributed by atoms with van der Waals surface area (Å²) in [6.45, 7) is 4.15. The van der Waals surface area contributed by atoms with Gasteiger partial charge in [-0.2, -0.15) is 23.1 Å². The number of methoxy groups -OCH3 is 1. The monoisotopic (exact) mass is 564 g/mol. The minimum atomic E-state index is -4.50. The molecule has 1 aromatic carbocycles.